The van der Waals surface area contributed by atoms with Gasteiger partial charge in [0.1, 0.15) is 0 Å². The summed E-state index contributed by atoms with van der Waals surface area (Å²) in [5, 5.41) is 1.93. The molecule has 1 rings (SSSR count). The van der Waals surface area contributed by atoms with Gasteiger partial charge in [-0.2, -0.15) is 0 Å². The van der Waals surface area contributed by atoms with Gasteiger partial charge < -0.3 is 10.5 Å². The molecule has 1 aromatic heterocycles. The Morgan fingerprint density at radius 2 is 2.50 bits per heavy atom. The summed E-state index contributed by atoms with van der Waals surface area (Å²) in [6.45, 7) is 2.18. The second-order valence-corrected chi connectivity index (χ2v) is 4.55. The van der Waals surface area contributed by atoms with Crippen molar-refractivity contribution in [3.05, 3.63) is 20.8 Å². The van der Waals surface area contributed by atoms with E-state index in [4.69, 9.17) is 10.5 Å². The van der Waals surface area contributed by atoms with E-state index in [1.165, 1.54) is 11.3 Å². The third-order valence-electron chi connectivity index (χ3n) is 1.67. The molecule has 0 aliphatic carbocycles. The molecular formula is C9H12BrNO2S. The number of hydrogen-bond acceptors (Lipinski definition) is 4. The molecule has 3 nitrogen and oxygen atoms in total. The minimum atomic E-state index is -0.275. The van der Waals surface area contributed by atoms with Crippen molar-refractivity contribution in [1.82, 2.24) is 0 Å². The fourth-order valence-corrected chi connectivity index (χ4v) is 2.73. The van der Waals surface area contributed by atoms with E-state index >= 15 is 0 Å². The fraction of sp³-hybridized carbons (Fsp3) is 0.444. The molecule has 14 heavy (non-hydrogen) atoms. The zero-order valence-electron chi connectivity index (χ0n) is 7.83. The summed E-state index contributed by atoms with van der Waals surface area (Å²) in [6, 6.07) is 1.65. The van der Waals surface area contributed by atoms with Crippen molar-refractivity contribution >= 4 is 33.2 Å². The minimum absolute atomic E-state index is 0.229. The first-order chi connectivity index (χ1) is 6.65. The number of esters is 1. The molecule has 78 valence electrons. The molecule has 0 aliphatic heterocycles. The van der Waals surface area contributed by atoms with Gasteiger partial charge in [-0.25, -0.2) is 0 Å². The van der Waals surface area contributed by atoms with Crippen LogP contribution in [0, 0.1) is 0 Å². The largest absolute Gasteiger partial charge is 0.466 e. The number of thiophene rings is 1. The molecule has 0 aromatic carbocycles. The van der Waals surface area contributed by atoms with Gasteiger partial charge in [0.2, 0.25) is 0 Å². The van der Waals surface area contributed by atoms with Crippen molar-refractivity contribution in [2.24, 2.45) is 5.73 Å². The van der Waals surface area contributed by atoms with Gasteiger partial charge >= 0.3 is 5.97 Å². The third-order valence-corrected chi connectivity index (χ3v) is 3.68. The Labute approximate surface area is 95.4 Å². The van der Waals surface area contributed by atoms with E-state index in [1.54, 1.807) is 6.92 Å². The smallest absolute Gasteiger partial charge is 0.307 e. The zero-order chi connectivity index (χ0) is 10.6. The van der Waals surface area contributed by atoms with E-state index in [1.807, 2.05) is 11.4 Å². The molecule has 1 unspecified atom stereocenters. The molecule has 0 amide bonds. The summed E-state index contributed by atoms with van der Waals surface area (Å²) in [7, 11) is 0. The summed E-state index contributed by atoms with van der Waals surface area (Å²) in [5.41, 5.74) is 5.85. The lowest BCUT2D eigenvalue weighted by Gasteiger charge is -2.09. The van der Waals surface area contributed by atoms with Gasteiger partial charge in [-0.1, -0.05) is 0 Å². The molecule has 0 saturated carbocycles. The van der Waals surface area contributed by atoms with E-state index in [2.05, 4.69) is 15.9 Å². The maximum atomic E-state index is 11.1. The molecular weight excluding hydrogens is 266 g/mol. The summed E-state index contributed by atoms with van der Waals surface area (Å²) >= 11 is 4.91. The van der Waals surface area contributed by atoms with Crippen LogP contribution in [0.5, 0.6) is 0 Å². The Kier molecular flexibility index (Phi) is 4.57. The van der Waals surface area contributed by atoms with Crippen LogP contribution in [0.1, 0.15) is 24.3 Å². The van der Waals surface area contributed by atoms with Gasteiger partial charge in [-0.05, 0) is 34.3 Å². The predicted octanol–water partition coefficient (Wildman–Crippen LogP) is 2.46. The van der Waals surface area contributed by atoms with Crippen LogP contribution in [-0.4, -0.2) is 12.6 Å². The molecule has 0 saturated heterocycles. The highest BCUT2D eigenvalue weighted by Crippen LogP contribution is 2.29. The molecule has 1 atom stereocenters. The molecule has 5 heteroatoms. The first kappa shape index (κ1) is 11.7. The van der Waals surface area contributed by atoms with Crippen molar-refractivity contribution < 1.29 is 9.53 Å². The predicted molar refractivity (Wildman–Crippen MR) is 60.2 cm³/mol. The second-order valence-electron chi connectivity index (χ2n) is 2.75. The van der Waals surface area contributed by atoms with Crippen LogP contribution in [0.4, 0.5) is 0 Å². The van der Waals surface area contributed by atoms with Crippen LogP contribution in [0.25, 0.3) is 0 Å². The van der Waals surface area contributed by atoms with Crippen LogP contribution in [0.3, 0.4) is 0 Å². The molecule has 0 fully saturated rings. The summed E-state index contributed by atoms with van der Waals surface area (Å²) in [6.07, 6.45) is 0.229. The van der Waals surface area contributed by atoms with Crippen LogP contribution in [-0.2, 0) is 9.53 Å². The van der Waals surface area contributed by atoms with Gasteiger partial charge in [0, 0.05) is 9.35 Å². The van der Waals surface area contributed by atoms with Crippen LogP contribution < -0.4 is 5.73 Å². The van der Waals surface area contributed by atoms with Gasteiger partial charge in [-0.15, -0.1) is 11.3 Å². The quantitative estimate of drug-likeness (QED) is 0.861. The number of hydrogen-bond donors (Lipinski definition) is 1. The molecule has 0 radical (unpaired) electrons. The molecule has 1 heterocycles. The standard InChI is InChI=1S/C9H12BrNO2S/c1-2-13-8(12)5-7(11)9-6(10)3-4-14-9/h3-4,7H,2,5,11H2,1H3. The van der Waals surface area contributed by atoms with Crippen LogP contribution >= 0.6 is 27.3 Å². The normalized spacial score (nSPS) is 12.5. The van der Waals surface area contributed by atoms with Crippen LogP contribution in [0.2, 0.25) is 0 Å². The van der Waals surface area contributed by atoms with Gasteiger partial charge in [-0.3, -0.25) is 4.79 Å². The molecule has 1 aromatic rings. The van der Waals surface area contributed by atoms with E-state index in [9.17, 15) is 4.79 Å². The molecule has 0 aliphatic rings. The maximum Gasteiger partial charge on any atom is 0.307 e. The van der Waals surface area contributed by atoms with E-state index in [0.717, 1.165) is 9.35 Å². The second kappa shape index (κ2) is 5.48. The Balaban J connectivity index is 2.54. The van der Waals surface area contributed by atoms with Gasteiger partial charge in [0.25, 0.3) is 0 Å². The lowest BCUT2D eigenvalue weighted by atomic mass is 10.2. The number of carbonyl (C=O) groups excluding carboxylic acids is 1. The number of halogens is 1. The van der Waals surface area contributed by atoms with E-state index in [-0.39, 0.29) is 18.4 Å². The number of ether oxygens (including phenoxy) is 1. The van der Waals surface area contributed by atoms with Crippen molar-refractivity contribution in [3.63, 3.8) is 0 Å². The molecule has 0 spiro atoms. The van der Waals surface area contributed by atoms with Crippen molar-refractivity contribution in [3.8, 4) is 0 Å². The summed E-state index contributed by atoms with van der Waals surface area (Å²) < 4.78 is 5.78. The Bertz CT molecular complexity index is 314. The zero-order valence-corrected chi connectivity index (χ0v) is 10.2. The van der Waals surface area contributed by atoms with E-state index in [0.29, 0.717) is 6.61 Å². The topological polar surface area (TPSA) is 52.3 Å². The highest BCUT2D eigenvalue weighted by Gasteiger charge is 2.15. The minimum Gasteiger partial charge on any atom is -0.466 e. The number of rotatable bonds is 4. The molecule has 0 bridgehead atoms. The van der Waals surface area contributed by atoms with Gasteiger partial charge in [0.15, 0.2) is 0 Å². The summed E-state index contributed by atoms with van der Waals surface area (Å²) in [5.74, 6) is -0.250. The number of carbonyl (C=O) groups is 1. The van der Waals surface area contributed by atoms with E-state index < -0.39 is 0 Å². The Hall–Kier alpha value is -0.390. The fourth-order valence-electron chi connectivity index (χ4n) is 1.06. The lowest BCUT2D eigenvalue weighted by molar-refractivity contribution is -0.143. The Morgan fingerprint density at radius 3 is 3.00 bits per heavy atom. The van der Waals surface area contributed by atoms with Gasteiger partial charge in [0.05, 0.1) is 19.1 Å². The van der Waals surface area contributed by atoms with Crippen LogP contribution in [0.15, 0.2) is 15.9 Å². The SMILES string of the molecule is CCOC(=O)CC(N)c1sccc1Br. The average Bonchev–Trinajstić information content (AvgIpc) is 2.51. The Morgan fingerprint density at radius 1 is 1.79 bits per heavy atom. The first-order valence-corrected chi connectivity index (χ1v) is 5.96. The van der Waals surface area contributed by atoms with Crippen molar-refractivity contribution in [1.29, 1.82) is 0 Å². The highest BCUT2D eigenvalue weighted by atomic mass is 79.9. The maximum absolute atomic E-state index is 11.1. The highest BCUT2D eigenvalue weighted by molar-refractivity contribution is 9.10. The average molecular weight is 278 g/mol. The lowest BCUT2D eigenvalue weighted by Crippen LogP contribution is -2.16. The summed E-state index contributed by atoms with van der Waals surface area (Å²) in [4.78, 5) is 12.1. The molecule has 2 N–H and O–H groups in total. The monoisotopic (exact) mass is 277 g/mol. The van der Waals surface area contributed by atoms with Crippen molar-refractivity contribution in [2.45, 2.75) is 19.4 Å². The number of nitrogens with two attached hydrogens (primary N) is 1. The van der Waals surface area contributed by atoms with Crippen molar-refractivity contribution in [2.75, 3.05) is 6.61 Å². The third kappa shape index (κ3) is 3.08. The first-order valence-electron chi connectivity index (χ1n) is 4.29.